The molecule has 1 atom stereocenters. The molecule has 1 aromatic rings. The van der Waals surface area contributed by atoms with Gasteiger partial charge < -0.3 is 28.8 Å². The van der Waals surface area contributed by atoms with E-state index in [0.29, 0.717) is 38.2 Å². The van der Waals surface area contributed by atoms with Gasteiger partial charge in [-0.1, -0.05) is 147 Å². The molecule has 54 heavy (non-hydrogen) atoms. The zero-order chi connectivity index (χ0) is 39.2. The molecule has 1 unspecified atom stereocenters. The van der Waals surface area contributed by atoms with Crippen molar-refractivity contribution in [3.05, 3.63) is 11.9 Å². The Morgan fingerprint density at radius 2 is 1.06 bits per heavy atom. The van der Waals surface area contributed by atoms with Crippen LogP contribution in [-0.2, 0) is 51.0 Å². The summed E-state index contributed by atoms with van der Waals surface area (Å²) in [6, 6.07) is 0. The first-order valence-electron chi connectivity index (χ1n) is 21.6. The summed E-state index contributed by atoms with van der Waals surface area (Å²) >= 11 is 0. The standard InChI is InChI=1S/C42H77N3O9/c1-3-5-7-9-11-13-15-17-19-21-23-25-40(47)53-37-39(54-42(49)26-24-22-20-18-16-14-12-10-8-6-4-2)36-45-35-38(43-44-45)27-28-41(48)52-34-33-51-32-31-50-30-29-46/h35,39,46H,3-34,36-37H2,1-2H3. The molecule has 12 heteroatoms. The van der Waals surface area contributed by atoms with Gasteiger partial charge in [0.15, 0.2) is 6.10 Å². The number of hydrogen-bond acceptors (Lipinski definition) is 11. The zero-order valence-electron chi connectivity index (χ0n) is 34.3. The summed E-state index contributed by atoms with van der Waals surface area (Å²) in [5.41, 5.74) is 0.601. The number of aryl methyl sites for hydroxylation is 1. The lowest BCUT2D eigenvalue weighted by molar-refractivity contribution is -0.160. The summed E-state index contributed by atoms with van der Waals surface area (Å²) in [7, 11) is 0. The fraction of sp³-hybridized carbons (Fsp3) is 0.881. The van der Waals surface area contributed by atoms with E-state index in [1.54, 1.807) is 10.9 Å². The van der Waals surface area contributed by atoms with Crippen molar-refractivity contribution in [1.82, 2.24) is 15.0 Å². The second-order valence-corrected chi connectivity index (χ2v) is 14.5. The highest BCUT2D eigenvalue weighted by Crippen LogP contribution is 2.14. The molecule has 0 aliphatic rings. The van der Waals surface area contributed by atoms with Gasteiger partial charge in [-0.25, -0.2) is 4.68 Å². The van der Waals surface area contributed by atoms with Crippen molar-refractivity contribution in [2.45, 2.75) is 193 Å². The molecule has 0 fully saturated rings. The average molecular weight is 768 g/mol. The van der Waals surface area contributed by atoms with Gasteiger partial charge in [-0.3, -0.25) is 14.4 Å². The van der Waals surface area contributed by atoms with Crippen molar-refractivity contribution in [2.75, 3.05) is 46.2 Å². The van der Waals surface area contributed by atoms with E-state index in [9.17, 15) is 14.4 Å². The minimum absolute atomic E-state index is 0.0339. The minimum atomic E-state index is -0.694. The molecule has 314 valence electrons. The molecule has 1 rings (SSSR count). The van der Waals surface area contributed by atoms with Gasteiger partial charge in [0, 0.05) is 25.5 Å². The van der Waals surface area contributed by atoms with Crippen LogP contribution in [-0.4, -0.2) is 90.4 Å². The van der Waals surface area contributed by atoms with Crippen molar-refractivity contribution >= 4 is 17.9 Å². The lowest BCUT2D eigenvalue weighted by Crippen LogP contribution is -2.30. The Balaban J connectivity index is 2.44. The van der Waals surface area contributed by atoms with E-state index >= 15 is 0 Å². The second-order valence-electron chi connectivity index (χ2n) is 14.5. The third-order valence-electron chi connectivity index (χ3n) is 9.36. The number of rotatable bonds is 40. The van der Waals surface area contributed by atoms with Gasteiger partial charge in [-0.2, -0.15) is 0 Å². The van der Waals surface area contributed by atoms with E-state index < -0.39 is 6.10 Å². The smallest absolute Gasteiger partial charge is 0.306 e. The van der Waals surface area contributed by atoms with E-state index in [1.165, 1.54) is 103 Å². The minimum Gasteiger partial charge on any atom is -0.463 e. The summed E-state index contributed by atoms with van der Waals surface area (Å²) in [6.45, 7) is 5.97. The highest BCUT2D eigenvalue weighted by molar-refractivity contribution is 5.70. The maximum Gasteiger partial charge on any atom is 0.306 e. The molecule has 1 heterocycles. The van der Waals surface area contributed by atoms with Crippen LogP contribution in [0.1, 0.15) is 180 Å². The number of aliphatic hydroxyl groups excluding tert-OH is 1. The van der Waals surface area contributed by atoms with Gasteiger partial charge in [0.05, 0.1) is 51.7 Å². The predicted octanol–water partition coefficient (Wildman–Crippen LogP) is 8.64. The van der Waals surface area contributed by atoms with Gasteiger partial charge in [-0.15, -0.1) is 5.10 Å². The quantitative estimate of drug-likeness (QED) is 0.0389. The number of nitrogens with zero attached hydrogens (tertiary/aromatic N) is 3. The first-order valence-corrected chi connectivity index (χ1v) is 21.6. The Morgan fingerprint density at radius 3 is 1.59 bits per heavy atom. The van der Waals surface area contributed by atoms with Gasteiger partial charge in [-0.05, 0) is 12.8 Å². The number of aliphatic hydroxyl groups is 1. The lowest BCUT2D eigenvalue weighted by atomic mass is 10.1. The van der Waals surface area contributed by atoms with Crippen LogP contribution in [0, 0.1) is 0 Å². The Morgan fingerprint density at radius 1 is 0.593 bits per heavy atom. The first kappa shape index (κ1) is 49.4. The molecule has 0 amide bonds. The number of hydrogen-bond donors (Lipinski definition) is 1. The molecule has 0 saturated carbocycles. The molecule has 0 aromatic carbocycles. The fourth-order valence-corrected chi connectivity index (χ4v) is 6.15. The number of ether oxygens (including phenoxy) is 5. The summed E-state index contributed by atoms with van der Waals surface area (Å²) in [6.07, 6.45) is 28.7. The number of carbonyl (C=O) groups excluding carboxylic acids is 3. The third-order valence-corrected chi connectivity index (χ3v) is 9.36. The SMILES string of the molecule is CCCCCCCCCCCCCC(=O)OCC(Cn1cc(CCC(=O)OCCOCCOCCO)nn1)OC(=O)CCCCCCCCCCCCC. The highest BCUT2D eigenvalue weighted by atomic mass is 16.6. The van der Waals surface area contributed by atoms with Crippen LogP contribution in [0.4, 0.5) is 0 Å². The second kappa shape index (κ2) is 37.4. The van der Waals surface area contributed by atoms with Gasteiger partial charge >= 0.3 is 17.9 Å². The van der Waals surface area contributed by atoms with Crippen molar-refractivity contribution in [2.24, 2.45) is 0 Å². The van der Waals surface area contributed by atoms with Crippen LogP contribution in [0.3, 0.4) is 0 Å². The maximum atomic E-state index is 12.8. The number of unbranched alkanes of at least 4 members (excludes halogenated alkanes) is 20. The molecule has 0 radical (unpaired) electrons. The molecule has 0 aliphatic heterocycles. The Kier molecular flexibility index (Phi) is 34.2. The molecular formula is C42H77N3O9. The van der Waals surface area contributed by atoms with Crippen molar-refractivity contribution in [3.8, 4) is 0 Å². The van der Waals surface area contributed by atoms with E-state index in [4.69, 9.17) is 28.8 Å². The van der Waals surface area contributed by atoms with Crippen LogP contribution in [0.2, 0.25) is 0 Å². The topological polar surface area (TPSA) is 148 Å². The number of esters is 3. The van der Waals surface area contributed by atoms with Crippen LogP contribution in [0.15, 0.2) is 6.20 Å². The summed E-state index contributed by atoms with van der Waals surface area (Å²) < 4.78 is 28.6. The zero-order valence-corrected chi connectivity index (χ0v) is 34.3. The van der Waals surface area contributed by atoms with Crippen molar-refractivity contribution in [1.29, 1.82) is 0 Å². The summed E-state index contributed by atoms with van der Waals surface area (Å²) in [4.78, 5) is 37.6. The van der Waals surface area contributed by atoms with Crippen molar-refractivity contribution in [3.63, 3.8) is 0 Å². The highest BCUT2D eigenvalue weighted by Gasteiger charge is 2.19. The van der Waals surface area contributed by atoms with E-state index in [1.807, 2.05) is 0 Å². The first-order chi connectivity index (χ1) is 26.5. The fourth-order valence-electron chi connectivity index (χ4n) is 6.15. The van der Waals surface area contributed by atoms with E-state index in [2.05, 4.69) is 24.2 Å². The number of carbonyl (C=O) groups is 3. The molecule has 12 nitrogen and oxygen atoms in total. The van der Waals surface area contributed by atoms with Crippen molar-refractivity contribution < 1.29 is 43.2 Å². The van der Waals surface area contributed by atoms with Gasteiger partial charge in [0.25, 0.3) is 0 Å². The molecule has 1 aromatic heterocycles. The Labute approximate surface area is 327 Å². The summed E-state index contributed by atoms with van der Waals surface area (Å²) in [5, 5.41) is 17.0. The van der Waals surface area contributed by atoms with E-state index in [0.717, 1.165) is 38.5 Å². The average Bonchev–Trinajstić information content (AvgIpc) is 3.62. The molecule has 0 aliphatic carbocycles. The van der Waals surface area contributed by atoms with Gasteiger partial charge in [0.1, 0.15) is 13.2 Å². The lowest BCUT2D eigenvalue weighted by Gasteiger charge is -2.18. The Bertz CT molecular complexity index is 1020. The summed E-state index contributed by atoms with van der Waals surface area (Å²) in [5.74, 6) is -0.957. The largest absolute Gasteiger partial charge is 0.463 e. The third kappa shape index (κ3) is 31.7. The monoisotopic (exact) mass is 768 g/mol. The molecule has 0 saturated heterocycles. The molecular weight excluding hydrogens is 690 g/mol. The van der Waals surface area contributed by atoms with Crippen LogP contribution in [0.25, 0.3) is 0 Å². The molecule has 0 spiro atoms. The van der Waals surface area contributed by atoms with Gasteiger partial charge in [0.2, 0.25) is 0 Å². The maximum absolute atomic E-state index is 12.8. The van der Waals surface area contributed by atoms with Crippen LogP contribution >= 0.6 is 0 Å². The number of aromatic nitrogens is 3. The predicted molar refractivity (Wildman–Crippen MR) is 211 cm³/mol. The Hall–Kier alpha value is -2.57. The van der Waals surface area contributed by atoms with Crippen LogP contribution < -0.4 is 0 Å². The molecule has 0 bridgehead atoms. The van der Waals surface area contributed by atoms with E-state index in [-0.39, 0.29) is 63.9 Å². The van der Waals surface area contributed by atoms with Crippen LogP contribution in [0.5, 0.6) is 0 Å². The molecule has 1 N–H and O–H groups in total. The normalized spacial score (nSPS) is 11.8.